The third-order valence-corrected chi connectivity index (χ3v) is 2.17. The van der Waals surface area contributed by atoms with Gasteiger partial charge in [0.1, 0.15) is 17.7 Å². The highest BCUT2D eigenvalue weighted by Gasteiger charge is 2.14. The molecule has 0 bridgehead atoms. The molecule has 0 saturated heterocycles. The molecule has 0 radical (unpaired) electrons. The minimum Gasteiger partial charge on any atom is -0.508 e. The van der Waals surface area contributed by atoms with E-state index in [1.54, 1.807) is 12.4 Å². The zero-order chi connectivity index (χ0) is 10.8. The molecule has 0 aliphatic carbocycles. The monoisotopic (exact) mass is 206 g/mol. The Morgan fingerprint density at radius 2 is 2.27 bits per heavy atom. The summed E-state index contributed by atoms with van der Waals surface area (Å²) in [6, 6.07) is 4.05. The molecule has 1 aromatic rings. The lowest BCUT2D eigenvalue weighted by molar-refractivity contribution is 0.465. The number of aromatic hydroxyl groups is 1. The maximum Gasteiger partial charge on any atom is 0.147 e. The molecule has 0 spiro atoms. The Morgan fingerprint density at radius 3 is 2.87 bits per heavy atom. The predicted molar refractivity (Wildman–Crippen MR) is 56.2 cm³/mol. The number of nitrogens with one attached hydrogen (secondary N) is 1. The highest BCUT2D eigenvalue weighted by molar-refractivity contribution is 5.78. The van der Waals surface area contributed by atoms with Crippen LogP contribution in [0, 0.1) is 5.82 Å². The quantitative estimate of drug-likeness (QED) is 0.739. The molecule has 1 aliphatic rings. The van der Waals surface area contributed by atoms with Gasteiger partial charge in [-0.15, -0.1) is 0 Å². The van der Waals surface area contributed by atoms with Crippen LogP contribution in [0.2, 0.25) is 0 Å². The number of nitrogens with zero attached hydrogens (tertiary/aromatic N) is 1. The number of phenols is 1. The first-order valence-corrected chi connectivity index (χ1v) is 4.61. The van der Waals surface area contributed by atoms with Gasteiger partial charge in [0.15, 0.2) is 0 Å². The highest BCUT2D eigenvalue weighted by Crippen LogP contribution is 2.23. The number of phenolic OH excluding ortho intramolecular Hbond substituents is 1. The topological polar surface area (TPSA) is 44.6 Å². The van der Waals surface area contributed by atoms with Crippen LogP contribution >= 0.6 is 0 Å². The molecule has 1 heterocycles. The van der Waals surface area contributed by atoms with Gasteiger partial charge in [-0.05, 0) is 24.6 Å². The molecule has 4 heteroatoms. The second kappa shape index (κ2) is 3.73. The van der Waals surface area contributed by atoms with E-state index < -0.39 is 12.0 Å². The first-order valence-electron chi connectivity index (χ1n) is 4.61. The number of rotatable bonds is 1. The molecule has 78 valence electrons. The van der Waals surface area contributed by atoms with Crippen LogP contribution in [-0.4, -0.2) is 11.3 Å². The Morgan fingerprint density at radius 1 is 1.47 bits per heavy atom. The van der Waals surface area contributed by atoms with Crippen molar-refractivity contribution in [1.82, 2.24) is 5.32 Å². The zero-order valence-electron chi connectivity index (χ0n) is 8.24. The second-order valence-corrected chi connectivity index (χ2v) is 3.44. The Balaban J connectivity index is 2.28. The minimum atomic E-state index is -0.461. The van der Waals surface area contributed by atoms with Crippen molar-refractivity contribution >= 4 is 6.21 Å². The number of halogens is 1. The fourth-order valence-corrected chi connectivity index (χ4v) is 1.39. The zero-order valence-corrected chi connectivity index (χ0v) is 8.24. The van der Waals surface area contributed by atoms with E-state index in [0.29, 0.717) is 5.56 Å². The van der Waals surface area contributed by atoms with Crippen LogP contribution < -0.4 is 5.32 Å². The Labute approximate surface area is 87.0 Å². The average molecular weight is 206 g/mol. The van der Waals surface area contributed by atoms with E-state index in [2.05, 4.69) is 10.3 Å². The number of benzene rings is 1. The van der Waals surface area contributed by atoms with Crippen LogP contribution in [-0.2, 0) is 0 Å². The van der Waals surface area contributed by atoms with Crippen LogP contribution in [0.15, 0.2) is 35.0 Å². The maximum absolute atomic E-state index is 13.4. The predicted octanol–water partition coefficient (Wildman–Crippen LogP) is 2.11. The van der Waals surface area contributed by atoms with Crippen molar-refractivity contribution in [3.05, 3.63) is 41.4 Å². The third-order valence-electron chi connectivity index (χ3n) is 2.17. The normalized spacial score (nSPS) is 19.6. The van der Waals surface area contributed by atoms with Gasteiger partial charge in [-0.1, -0.05) is 0 Å². The molecule has 2 rings (SSSR count). The molecule has 2 N–H and O–H groups in total. The largest absolute Gasteiger partial charge is 0.508 e. The number of aliphatic imine (C=N–C) groups is 1. The molecule has 0 amide bonds. The molecular formula is C11H11FN2O. The van der Waals surface area contributed by atoms with E-state index in [-0.39, 0.29) is 5.75 Å². The van der Waals surface area contributed by atoms with Crippen molar-refractivity contribution in [3.8, 4) is 5.75 Å². The van der Waals surface area contributed by atoms with Crippen LogP contribution in [0.3, 0.4) is 0 Å². The first-order chi connectivity index (χ1) is 7.16. The van der Waals surface area contributed by atoms with Crippen LogP contribution in [0.4, 0.5) is 4.39 Å². The molecule has 0 aromatic heterocycles. The van der Waals surface area contributed by atoms with E-state index in [1.165, 1.54) is 12.1 Å². The maximum atomic E-state index is 13.4. The molecule has 1 unspecified atom stereocenters. The third kappa shape index (κ3) is 1.98. The minimum absolute atomic E-state index is 0.0808. The number of hydrogen-bond acceptors (Lipinski definition) is 3. The molecular weight excluding hydrogens is 195 g/mol. The second-order valence-electron chi connectivity index (χ2n) is 3.44. The summed E-state index contributed by atoms with van der Waals surface area (Å²) in [4.78, 5) is 4.15. The van der Waals surface area contributed by atoms with E-state index in [9.17, 15) is 4.39 Å². The van der Waals surface area contributed by atoms with Crippen LogP contribution in [0.5, 0.6) is 5.75 Å². The summed E-state index contributed by atoms with van der Waals surface area (Å²) >= 11 is 0. The summed E-state index contributed by atoms with van der Waals surface area (Å²) in [5, 5.41) is 12.0. The molecule has 1 atom stereocenters. The van der Waals surface area contributed by atoms with Crippen molar-refractivity contribution in [1.29, 1.82) is 0 Å². The van der Waals surface area contributed by atoms with Crippen molar-refractivity contribution < 1.29 is 9.50 Å². The Bertz CT molecular complexity index is 440. The Kier molecular flexibility index (Phi) is 2.41. The van der Waals surface area contributed by atoms with E-state index in [4.69, 9.17) is 5.11 Å². The number of allylic oxidation sites excluding steroid dienone is 1. The summed E-state index contributed by atoms with van der Waals surface area (Å²) in [6.45, 7) is 1.90. The van der Waals surface area contributed by atoms with Crippen LogP contribution in [0.25, 0.3) is 0 Å². The lowest BCUT2D eigenvalue weighted by atomic mass is 10.1. The van der Waals surface area contributed by atoms with Gasteiger partial charge < -0.3 is 10.4 Å². The van der Waals surface area contributed by atoms with Gasteiger partial charge >= 0.3 is 0 Å². The van der Waals surface area contributed by atoms with Gasteiger partial charge in [0.05, 0.1) is 0 Å². The molecule has 15 heavy (non-hydrogen) atoms. The summed E-state index contributed by atoms with van der Waals surface area (Å²) in [5.41, 5.74) is 1.42. The van der Waals surface area contributed by atoms with E-state index in [1.807, 2.05) is 6.92 Å². The molecule has 3 nitrogen and oxygen atoms in total. The molecule has 0 saturated carbocycles. The summed E-state index contributed by atoms with van der Waals surface area (Å²) in [6.07, 6.45) is 3.06. The summed E-state index contributed by atoms with van der Waals surface area (Å²) in [5.74, 6) is -0.541. The van der Waals surface area contributed by atoms with E-state index in [0.717, 1.165) is 11.6 Å². The molecule has 1 aliphatic heterocycles. The highest BCUT2D eigenvalue weighted by atomic mass is 19.1. The van der Waals surface area contributed by atoms with Gasteiger partial charge in [0, 0.05) is 24.0 Å². The van der Waals surface area contributed by atoms with Gasteiger partial charge in [-0.25, -0.2) is 4.39 Å². The van der Waals surface area contributed by atoms with Gasteiger partial charge in [-0.2, -0.15) is 0 Å². The molecule has 1 aromatic carbocycles. The smallest absolute Gasteiger partial charge is 0.147 e. The van der Waals surface area contributed by atoms with Crippen LogP contribution in [0.1, 0.15) is 18.7 Å². The first kappa shape index (κ1) is 9.71. The molecule has 0 fully saturated rings. The SMILES string of the molecule is CC1=CNC(c2ccc(O)cc2F)N=C1. The fourth-order valence-electron chi connectivity index (χ4n) is 1.39. The van der Waals surface area contributed by atoms with Gasteiger partial charge in [0.2, 0.25) is 0 Å². The van der Waals surface area contributed by atoms with Crippen molar-refractivity contribution in [3.63, 3.8) is 0 Å². The van der Waals surface area contributed by atoms with Gasteiger partial charge in [0.25, 0.3) is 0 Å². The van der Waals surface area contributed by atoms with Crippen molar-refractivity contribution in [2.45, 2.75) is 13.1 Å². The summed E-state index contributed by atoms with van der Waals surface area (Å²) in [7, 11) is 0. The van der Waals surface area contributed by atoms with Crippen molar-refractivity contribution in [2.24, 2.45) is 4.99 Å². The van der Waals surface area contributed by atoms with E-state index >= 15 is 0 Å². The summed E-state index contributed by atoms with van der Waals surface area (Å²) < 4.78 is 13.4. The Hall–Kier alpha value is -1.84. The lowest BCUT2D eigenvalue weighted by Crippen LogP contribution is -2.18. The number of hydrogen-bond donors (Lipinski definition) is 2. The lowest BCUT2D eigenvalue weighted by Gasteiger charge is -2.17. The standard InChI is InChI=1S/C11H11FN2O/c1-7-5-13-11(14-6-7)9-3-2-8(15)4-10(9)12/h2-6,11,13,15H,1H3. The van der Waals surface area contributed by atoms with Gasteiger partial charge in [-0.3, -0.25) is 4.99 Å². The average Bonchev–Trinajstić information content (AvgIpc) is 2.20. The van der Waals surface area contributed by atoms with Crippen molar-refractivity contribution in [2.75, 3.05) is 0 Å². The fraction of sp³-hybridized carbons (Fsp3) is 0.182.